The van der Waals surface area contributed by atoms with Crippen molar-refractivity contribution in [2.24, 2.45) is 0 Å². The zero-order valence-electron chi connectivity index (χ0n) is 15.0. The lowest BCUT2D eigenvalue weighted by atomic mass is 9.93. The fraction of sp³-hybridized carbons (Fsp3) is 0.286. The molecule has 138 valence electrons. The van der Waals surface area contributed by atoms with Gasteiger partial charge in [0.2, 0.25) is 5.91 Å². The van der Waals surface area contributed by atoms with Crippen molar-refractivity contribution in [1.82, 2.24) is 19.4 Å². The second-order valence-electron chi connectivity index (χ2n) is 6.87. The summed E-state index contributed by atoms with van der Waals surface area (Å²) in [6.07, 6.45) is 7.59. The van der Waals surface area contributed by atoms with Gasteiger partial charge in [-0.2, -0.15) is 0 Å². The van der Waals surface area contributed by atoms with Crippen LogP contribution in [0.2, 0.25) is 0 Å². The summed E-state index contributed by atoms with van der Waals surface area (Å²) >= 11 is 0. The third kappa shape index (κ3) is 4.05. The van der Waals surface area contributed by atoms with Gasteiger partial charge in [-0.3, -0.25) is 9.36 Å². The van der Waals surface area contributed by atoms with Crippen LogP contribution in [0.5, 0.6) is 0 Å². The van der Waals surface area contributed by atoms with Gasteiger partial charge >= 0.3 is 0 Å². The summed E-state index contributed by atoms with van der Waals surface area (Å²) in [7, 11) is 0. The molecule has 1 fully saturated rings. The highest BCUT2D eigenvalue weighted by Crippen LogP contribution is 2.26. The van der Waals surface area contributed by atoms with Crippen molar-refractivity contribution in [1.29, 1.82) is 0 Å². The fourth-order valence-corrected chi connectivity index (χ4v) is 3.54. The normalized spacial score (nSPS) is 17.1. The lowest BCUT2D eigenvalue weighted by molar-refractivity contribution is -0.131. The van der Waals surface area contributed by atoms with Crippen LogP contribution in [0.25, 0.3) is 5.82 Å². The van der Waals surface area contributed by atoms with Gasteiger partial charge < -0.3 is 4.90 Å². The zero-order chi connectivity index (χ0) is 18.6. The Balaban J connectivity index is 1.45. The van der Waals surface area contributed by atoms with Gasteiger partial charge in [0.25, 0.3) is 0 Å². The van der Waals surface area contributed by atoms with Crippen LogP contribution in [-0.4, -0.2) is 38.4 Å². The van der Waals surface area contributed by atoms with Crippen molar-refractivity contribution in [3.63, 3.8) is 0 Å². The number of nitrogens with zero attached hydrogens (tertiary/aromatic N) is 4. The summed E-state index contributed by atoms with van der Waals surface area (Å²) in [5.41, 5.74) is 1.84. The van der Waals surface area contributed by atoms with Gasteiger partial charge in [-0.15, -0.1) is 0 Å². The molecule has 4 rings (SSSR count). The lowest BCUT2D eigenvalue weighted by Gasteiger charge is -2.32. The van der Waals surface area contributed by atoms with Gasteiger partial charge in [-0.05, 0) is 42.7 Å². The molecule has 1 aromatic carbocycles. The summed E-state index contributed by atoms with van der Waals surface area (Å²) in [6.45, 7) is 1.43. The Bertz CT molecular complexity index is 908. The van der Waals surface area contributed by atoms with E-state index in [9.17, 15) is 9.18 Å². The first kappa shape index (κ1) is 17.4. The molecule has 27 heavy (non-hydrogen) atoms. The van der Waals surface area contributed by atoms with Gasteiger partial charge in [0.1, 0.15) is 18.0 Å². The Kier molecular flexibility index (Phi) is 4.96. The minimum Gasteiger partial charge on any atom is -0.342 e. The summed E-state index contributed by atoms with van der Waals surface area (Å²) in [6, 6.07) is 12.1. The van der Waals surface area contributed by atoms with Gasteiger partial charge in [0.15, 0.2) is 0 Å². The van der Waals surface area contributed by atoms with Crippen LogP contribution < -0.4 is 0 Å². The predicted molar refractivity (Wildman–Crippen MR) is 100 cm³/mol. The van der Waals surface area contributed by atoms with Crippen molar-refractivity contribution in [2.75, 3.05) is 13.1 Å². The number of halogens is 1. The number of hydrogen-bond donors (Lipinski definition) is 0. The SMILES string of the molecule is O=C(Cc1ccc(F)cc1)N1CCCC(c2cccc(-n3ccnc3)n2)C1. The third-order valence-corrected chi connectivity index (χ3v) is 4.99. The Labute approximate surface area is 157 Å². The molecule has 0 spiro atoms. The van der Waals surface area contributed by atoms with Crippen LogP contribution in [0.4, 0.5) is 4.39 Å². The number of pyridine rings is 1. The van der Waals surface area contributed by atoms with Crippen molar-refractivity contribution in [3.05, 3.63) is 78.3 Å². The summed E-state index contributed by atoms with van der Waals surface area (Å²) in [5.74, 6) is 0.851. The number of hydrogen-bond acceptors (Lipinski definition) is 3. The van der Waals surface area contributed by atoms with Crippen molar-refractivity contribution in [2.45, 2.75) is 25.2 Å². The molecule has 0 bridgehead atoms. The van der Waals surface area contributed by atoms with Crippen LogP contribution in [0, 0.1) is 5.82 Å². The molecule has 1 atom stereocenters. The molecule has 2 aromatic heterocycles. The molecule has 0 radical (unpaired) electrons. The molecule has 5 nitrogen and oxygen atoms in total. The molecule has 1 aliphatic heterocycles. The van der Waals surface area contributed by atoms with E-state index in [1.807, 2.05) is 33.9 Å². The number of benzene rings is 1. The van der Waals surface area contributed by atoms with E-state index in [4.69, 9.17) is 4.98 Å². The zero-order valence-corrected chi connectivity index (χ0v) is 15.0. The molecule has 1 unspecified atom stereocenters. The van der Waals surface area contributed by atoms with Gasteiger partial charge in [0.05, 0.1) is 6.42 Å². The van der Waals surface area contributed by atoms with E-state index in [0.29, 0.717) is 13.0 Å². The third-order valence-electron chi connectivity index (χ3n) is 4.99. The van der Waals surface area contributed by atoms with Crippen LogP contribution >= 0.6 is 0 Å². The van der Waals surface area contributed by atoms with Gasteiger partial charge in [-0.25, -0.2) is 14.4 Å². The lowest BCUT2D eigenvalue weighted by Crippen LogP contribution is -2.40. The quantitative estimate of drug-likeness (QED) is 0.713. The van der Waals surface area contributed by atoms with Crippen LogP contribution in [0.1, 0.15) is 30.0 Å². The van der Waals surface area contributed by atoms with E-state index in [-0.39, 0.29) is 17.6 Å². The Morgan fingerprint density at radius 3 is 2.81 bits per heavy atom. The van der Waals surface area contributed by atoms with E-state index in [0.717, 1.165) is 36.5 Å². The van der Waals surface area contributed by atoms with E-state index in [1.165, 1.54) is 12.1 Å². The average Bonchev–Trinajstić information content (AvgIpc) is 3.25. The molecule has 3 aromatic rings. The molecular weight excluding hydrogens is 343 g/mol. The number of piperidine rings is 1. The van der Waals surface area contributed by atoms with Crippen molar-refractivity contribution < 1.29 is 9.18 Å². The number of likely N-dealkylation sites (tertiary alicyclic amines) is 1. The number of imidazole rings is 1. The first-order chi connectivity index (χ1) is 13.2. The second kappa shape index (κ2) is 7.70. The Morgan fingerprint density at radius 2 is 2.04 bits per heavy atom. The Morgan fingerprint density at radius 1 is 1.19 bits per heavy atom. The second-order valence-corrected chi connectivity index (χ2v) is 6.87. The van der Waals surface area contributed by atoms with Gasteiger partial charge in [0, 0.05) is 37.1 Å². The van der Waals surface area contributed by atoms with E-state index >= 15 is 0 Å². The van der Waals surface area contributed by atoms with E-state index < -0.39 is 0 Å². The molecule has 6 heteroatoms. The highest BCUT2D eigenvalue weighted by atomic mass is 19.1. The predicted octanol–water partition coefficient (Wildman–Crippen LogP) is 3.36. The molecule has 0 saturated carbocycles. The number of aromatic nitrogens is 3. The molecule has 0 N–H and O–H groups in total. The first-order valence-electron chi connectivity index (χ1n) is 9.16. The fourth-order valence-electron chi connectivity index (χ4n) is 3.54. The molecule has 1 saturated heterocycles. The highest BCUT2D eigenvalue weighted by Gasteiger charge is 2.25. The molecule has 0 aliphatic carbocycles. The minimum atomic E-state index is -0.284. The molecular formula is C21H21FN4O. The average molecular weight is 364 g/mol. The molecule has 1 amide bonds. The first-order valence-corrected chi connectivity index (χ1v) is 9.16. The largest absolute Gasteiger partial charge is 0.342 e. The number of carbonyl (C=O) groups excluding carboxylic acids is 1. The maximum atomic E-state index is 13.0. The number of rotatable bonds is 4. The van der Waals surface area contributed by atoms with Crippen LogP contribution in [0.15, 0.2) is 61.2 Å². The van der Waals surface area contributed by atoms with Crippen molar-refractivity contribution >= 4 is 5.91 Å². The minimum absolute atomic E-state index is 0.0806. The standard InChI is InChI=1S/C21H21FN4O/c22-18-8-6-16(7-9-18)13-21(27)25-11-2-3-17(14-25)19-4-1-5-20(24-19)26-12-10-23-15-26/h1,4-10,12,15,17H,2-3,11,13-14H2. The van der Waals surface area contributed by atoms with Crippen LogP contribution in [-0.2, 0) is 11.2 Å². The Hall–Kier alpha value is -3.02. The van der Waals surface area contributed by atoms with Gasteiger partial charge in [-0.1, -0.05) is 18.2 Å². The molecule has 3 heterocycles. The van der Waals surface area contributed by atoms with E-state index in [1.54, 1.807) is 24.7 Å². The highest BCUT2D eigenvalue weighted by molar-refractivity contribution is 5.79. The maximum absolute atomic E-state index is 13.0. The summed E-state index contributed by atoms with van der Waals surface area (Å²) in [5, 5.41) is 0. The molecule has 1 aliphatic rings. The monoisotopic (exact) mass is 364 g/mol. The maximum Gasteiger partial charge on any atom is 0.227 e. The summed E-state index contributed by atoms with van der Waals surface area (Å²) < 4.78 is 14.9. The number of carbonyl (C=O) groups is 1. The van der Waals surface area contributed by atoms with Crippen LogP contribution in [0.3, 0.4) is 0 Å². The summed E-state index contributed by atoms with van der Waals surface area (Å²) in [4.78, 5) is 23.4. The van der Waals surface area contributed by atoms with Crippen molar-refractivity contribution in [3.8, 4) is 5.82 Å². The number of amides is 1. The van der Waals surface area contributed by atoms with E-state index in [2.05, 4.69) is 4.98 Å². The topological polar surface area (TPSA) is 51.0 Å². The smallest absolute Gasteiger partial charge is 0.227 e.